The predicted molar refractivity (Wildman–Crippen MR) is 55.1 cm³/mol. The molecule has 1 radical (unpaired) electrons. The Bertz CT molecular complexity index is 417. The summed E-state index contributed by atoms with van der Waals surface area (Å²) >= 11 is 0. The van der Waals surface area contributed by atoms with Gasteiger partial charge in [-0.25, -0.2) is 0 Å². The molecule has 1 aromatic carbocycles. The van der Waals surface area contributed by atoms with Crippen LogP contribution in [0.1, 0.15) is 0 Å². The van der Waals surface area contributed by atoms with Crippen molar-refractivity contribution in [3.63, 3.8) is 0 Å². The second-order valence-electron chi connectivity index (χ2n) is 2.86. The van der Waals surface area contributed by atoms with Crippen molar-refractivity contribution >= 4 is 0 Å². The molecule has 15 heavy (non-hydrogen) atoms. The van der Waals surface area contributed by atoms with Gasteiger partial charge in [-0.1, -0.05) is 12.1 Å². The molecule has 0 fully saturated rings. The molecule has 0 bridgehead atoms. The first kappa shape index (κ1) is 11.9. The first-order chi connectivity index (χ1) is 6.90. The molecule has 1 heterocycles. The summed E-state index contributed by atoms with van der Waals surface area (Å²) in [4.78, 5) is 4.24. The Morgan fingerprint density at radius 3 is 2.80 bits per heavy atom. The average molecular weight is 376 g/mol. The van der Waals surface area contributed by atoms with Crippen LogP contribution in [0.4, 0.5) is 0 Å². The summed E-state index contributed by atoms with van der Waals surface area (Å²) in [7, 11) is 1.65. The smallest absolute Gasteiger partial charge is 0.0751 e. The van der Waals surface area contributed by atoms with Crippen LogP contribution in [0.15, 0.2) is 42.6 Å². The molecule has 0 atom stereocenters. The molecule has 0 unspecified atom stereocenters. The second-order valence-corrected chi connectivity index (χ2v) is 2.86. The molecule has 0 aliphatic heterocycles. The first-order valence-electron chi connectivity index (χ1n) is 4.37. The number of rotatable bonds is 2. The van der Waals surface area contributed by atoms with Gasteiger partial charge in [0.05, 0.1) is 7.11 Å². The quantitative estimate of drug-likeness (QED) is 0.752. The molecule has 3 heteroatoms. The van der Waals surface area contributed by atoms with Gasteiger partial charge in [-0.05, 0) is 11.8 Å². The molecular formula is C12H10IrNO-. The van der Waals surface area contributed by atoms with E-state index in [1.807, 2.05) is 36.4 Å². The monoisotopic (exact) mass is 377 g/mol. The third-order valence-corrected chi connectivity index (χ3v) is 1.95. The SMILES string of the molecule is COc1cc[c-]c(-c2ccccn2)c1.[Ir]. The Morgan fingerprint density at radius 1 is 1.27 bits per heavy atom. The number of benzene rings is 1. The second kappa shape index (κ2) is 5.64. The number of hydrogen-bond donors (Lipinski definition) is 0. The fourth-order valence-electron chi connectivity index (χ4n) is 1.24. The normalized spacial score (nSPS) is 9.13. The van der Waals surface area contributed by atoms with Crippen LogP contribution in [0.3, 0.4) is 0 Å². The molecule has 0 aliphatic carbocycles. The van der Waals surface area contributed by atoms with Gasteiger partial charge >= 0.3 is 0 Å². The van der Waals surface area contributed by atoms with E-state index in [9.17, 15) is 0 Å². The molecule has 0 N–H and O–H groups in total. The fraction of sp³-hybridized carbons (Fsp3) is 0.0833. The maximum absolute atomic E-state index is 5.13. The number of nitrogens with zero attached hydrogens (tertiary/aromatic N) is 1. The maximum atomic E-state index is 5.13. The van der Waals surface area contributed by atoms with Crippen molar-refractivity contribution in [2.24, 2.45) is 0 Å². The minimum atomic E-state index is 0. The topological polar surface area (TPSA) is 22.1 Å². The van der Waals surface area contributed by atoms with Gasteiger partial charge in [-0.15, -0.1) is 29.8 Å². The molecule has 79 valence electrons. The largest absolute Gasteiger partial charge is 0.516 e. The van der Waals surface area contributed by atoms with Gasteiger partial charge in [0.1, 0.15) is 0 Å². The van der Waals surface area contributed by atoms with Crippen LogP contribution in [-0.2, 0) is 20.1 Å². The van der Waals surface area contributed by atoms with Crippen LogP contribution in [-0.4, -0.2) is 12.1 Å². The molecule has 2 rings (SSSR count). The predicted octanol–water partition coefficient (Wildman–Crippen LogP) is 2.55. The molecule has 0 saturated heterocycles. The Hall–Kier alpha value is -1.18. The molecule has 2 nitrogen and oxygen atoms in total. The Balaban J connectivity index is 0.00000112. The summed E-state index contributed by atoms with van der Waals surface area (Å²) in [5, 5.41) is 0. The van der Waals surface area contributed by atoms with Crippen LogP contribution >= 0.6 is 0 Å². The van der Waals surface area contributed by atoms with Crippen LogP contribution in [0.25, 0.3) is 11.3 Å². The van der Waals surface area contributed by atoms with Crippen molar-refractivity contribution in [2.45, 2.75) is 0 Å². The molecular weight excluding hydrogens is 366 g/mol. The summed E-state index contributed by atoms with van der Waals surface area (Å²) in [6, 6.07) is 14.5. The molecule has 0 saturated carbocycles. The Labute approximate surface area is 103 Å². The van der Waals surface area contributed by atoms with Gasteiger partial charge in [0.25, 0.3) is 0 Å². The van der Waals surface area contributed by atoms with E-state index in [0.717, 1.165) is 17.0 Å². The number of pyridine rings is 1. The number of methoxy groups -OCH3 is 1. The van der Waals surface area contributed by atoms with E-state index < -0.39 is 0 Å². The summed E-state index contributed by atoms with van der Waals surface area (Å²) < 4.78 is 5.13. The van der Waals surface area contributed by atoms with Crippen molar-refractivity contribution in [3.05, 3.63) is 48.7 Å². The average Bonchev–Trinajstić information content (AvgIpc) is 2.30. The van der Waals surface area contributed by atoms with Crippen molar-refractivity contribution < 1.29 is 24.8 Å². The van der Waals surface area contributed by atoms with Crippen molar-refractivity contribution in [2.75, 3.05) is 7.11 Å². The Morgan fingerprint density at radius 2 is 2.13 bits per heavy atom. The van der Waals surface area contributed by atoms with Gasteiger partial charge in [0.2, 0.25) is 0 Å². The van der Waals surface area contributed by atoms with Gasteiger partial charge in [-0.2, -0.15) is 0 Å². The zero-order valence-electron chi connectivity index (χ0n) is 8.23. The summed E-state index contributed by atoms with van der Waals surface area (Å²) in [6.45, 7) is 0. The molecule has 0 spiro atoms. The Kier molecular flexibility index (Phi) is 4.47. The number of hydrogen-bond acceptors (Lipinski definition) is 2. The van der Waals surface area contributed by atoms with E-state index in [1.54, 1.807) is 13.3 Å². The summed E-state index contributed by atoms with van der Waals surface area (Å²) in [5.41, 5.74) is 1.86. The van der Waals surface area contributed by atoms with Gasteiger partial charge in [0.15, 0.2) is 0 Å². The van der Waals surface area contributed by atoms with Gasteiger partial charge in [-0.3, -0.25) is 0 Å². The molecule has 2 aromatic rings. The molecule has 1 aromatic heterocycles. The third kappa shape index (κ3) is 2.88. The van der Waals surface area contributed by atoms with E-state index in [0.29, 0.717) is 0 Å². The molecule has 0 amide bonds. The first-order valence-corrected chi connectivity index (χ1v) is 4.37. The maximum Gasteiger partial charge on any atom is 0.0751 e. The fourth-order valence-corrected chi connectivity index (χ4v) is 1.24. The van der Waals surface area contributed by atoms with Crippen LogP contribution < -0.4 is 4.74 Å². The van der Waals surface area contributed by atoms with E-state index in [4.69, 9.17) is 4.74 Å². The van der Waals surface area contributed by atoms with E-state index in [1.165, 1.54) is 0 Å². The van der Waals surface area contributed by atoms with Crippen molar-refractivity contribution in [1.29, 1.82) is 0 Å². The minimum Gasteiger partial charge on any atom is -0.516 e. The summed E-state index contributed by atoms with van der Waals surface area (Å²) in [6.07, 6.45) is 1.77. The standard InChI is InChI=1S/C12H10NO.Ir/c1-14-11-6-4-5-10(9-11)12-7-2-3-8-13-12;/h2-4,6-9H,1H3;/q-1;. The van der Waals surface area contributed by atoms with Crippen LogP contribution in [0, 0.1) is 6.07 Å². The van der Waals surface area contributed by atoms with Crippen LogP contribution in [0.5, 0.6) is 5.75 Å². The van der Waals surface area contributed by atoms with Crippen LogP contribution in [0.2, 0.25) is 0 Å². The van der Waals surface area contributed by atoms with Gasteiger partial charge < -0.3 is 9.72 Å². The number of ether oxygens (including phenoxy) is 1. The number of aromatic nitrogens is 1. The summed E-state index contributed by atoms with van der Waals surface area (Å²) in [5.74, 6) is 0.824. The molecule has 0 aliphatic rings. The zero-order chi connectivity index (χ0) is 9.80. The van der Waals surface area contributed by atoms with E-state index >= 15 is 0 Å². The van der Waals surface area contributed by atoms with Crippen molar-refractivity contribution in [3.8, 4) is 17.0 Å². The van der Waals surface area contributed by atoms with Gasteiger partial charge in [0, 0.05) is 32.1 Å². The van der Waals surface area contributed by atoms with E-state index in [-0.39, 0.29) is 20.1 Å². The van der Waals surface area contributed by atoms with E-state index in [2.05, 4.69) is 11.1 Å². The zero-order valence-corrected chi connectivity index (χ0v) is 10.6. The third-order valence-electron chi connectivity index (χ3n) is 1.95. The minimum absolute atomic E-state index is 0. The van der Waals surface area contributed by atoms with Crippen molar-refractivity contribution in [1.82, 2.24) is 4.98 Å².